The quantitative estimate of drug-likeness (QED) is 0.586. The Balaban J connectivity index is 2.14. The number of anilines is 2. The first kappa shape index (κ1) is 15.6. The fourth-order valence-corrected chi connectivity index (χ4v) is 2.18. The van der Waals surface area contributed by atoms with E-state index in [1.54, 1.807) is 12.1 Å². The minimum atomic E-state index is -0.898. The van der Waals surface area contributed by atoms with E-state index < -0.39 is 11.9 Å². The summed E-state index contributed by atoms with van der Waals surface area (Å²) in [5.74, 6) is -0.440. The number of nitrogens with two attached hydrogens (primary N) is 1. The summed E-state index contributed by atoms with van der Waals surface area (Å²) >= 11 is 0. The van der Waals surface area contributed by atoms with Crippen LogP contribution in [-0.4, -0.2) is 50.6 Å². The van der Waals surface area contributed by atoms with E-state index in [0.717, 1.165) is 5.01 Å². The Morgan fingerprint density at radius 2 is 2.19 bits per heavy atom. The Morgan fingerprint density at radius 1 is 1.48 bits per heavy atom. The van der Waals surface area contributed by atoms with Crippen LogP contribution in [0.5, 0.6) is 0 Å². The fourth-order valence-electron chi connectivity index (χ4n) is 2.18. The molecule has 8 heteroatoms. The highest BCUT2D eigenvalue weighted by Gasteiger charge is 2.18. The molecule has 0 saturated carbocycles. The van der Waals surface area contributed by atoms with Crippen molar-refractivity contribution in [3.63, 3.8) is 0 Å². The van der Waals surface area contributed by atoms with Crippen molar-refractivity contribution in [2.45, 2.75) is 6.10 Å². The van der Waals surface area contributed by atoms with E-state index in [2.05, 4.69) is 5.29 Å². The van der Waals surface area contributed by atoms with Gasteiger partial charge in [-0.25, -0.2) is 9.40 Å². The first-order chi connectivity index (χ1) is 10.2. The normalized spacial score (nSPS) is 16.6. The van der Waals surface area contributed by atoms with E-state index >= 15 is 0 Å². The van der Waals surface area contributed by atoms with E-state index in [-0.39, 0.29) is 18.8 Å². The number of nitrogens with zero attached hydrogens (tertiary/aromatic N) is 3. The summed E-state index contributed by atoms with van der Waals surface area (Å²) in [4.78, 5) is 12.7. The molecule has 0 bridgehead atoms. The summed E-state index contributed by atoms with van der Waals surface area (Å²) < 4.78 is 19.4. The van der Waals surface area contributed by atoms with Crippen molar-refractivity contribution in [2.75, 3.05) is 49.3 Å². The largest absolute Gasteiger partial charge is 0.390 e. The molecule has 1 fully saturated rings. The van der Waals surface area contributed by atoms with Gasteiger partial charge in [-0.2, -0.15) is 0 Å². The molecule has 0 spiro atoms. The maximum Gasteiger partial charge on any atom is 0.148 e. The number of morpholine rings is 1. The highest BCUT2D eigenvalue weighted by atomic mass is 19.1. The summed E-state index contributed by atoms with van der Waals surface area (Å²) in [6.45, 7) is 2.30. The van der Waals surface area contributed by atoms with Gasteiger partial charge in [0.15, 0.2) is 0 Å². The molecule has 21 heavy (non-hydrogen) atoms. The highest BCUT2D eigenvalue weighted by molar-refractivity contribution is 5.57. The van der Waals surface area contributed by atoms with Crippen LogP contribution in [0.2, 0.25) is 0 Å². The molecule has 0 aliphatic carbocycles. The molecule has 116 valence electrons. The third kappa shape index (κ3) is 3.87. The number of halogens is 1. The molecule has 1 aromatic carbocycles. The summed E-state index contributed by atoms with van der Waals surface area (Å²) in [6, 6.07) is 4.43. The van der Waals surface area contributed by atoms with Gasteiger partial charge >= 0.3 is 0 Å². The van der Waals surface area contributed by atoms with Crippen LogP contribution in [0, 0.1) is 10.7 Å². The Morgan fingerprint density at radius 3 is 2.76 bits per heavy atom. The van der Waals surface area contributed by atoms with Crippen molar-refractivity contribution in [1.82, 2.24) is 0 Å². The summed E-state index contributed by atoms with van der Waals surface area (Å²) in [5.41, 5.74) is 6.04. The summed E-state index contributed by atoms with van der Waals surface area (Å²) in [5, 5.41) is 13.3. The zero-order valence-corrected chi connectivity index (χ0v) is 11.6. The smallest absolute Gasteiger partial charge is 0.148 e. The van der Waals surface area contributed by atoms with Crippen molar-refractivity contribution in [1.29, 1.82) is 0 Å². The van der Waals surface area contributed by atoms with E-state index in [4.69, 9.17) is 10.5 Å². The molecule has 1 aromatic rings. The van der Waals surface area contributed by atoms with Crippen molar-refractivity contribution in [3.05, 3.63) is 28.9 Å². The first-order valence-corrected chi connectivity index (χ1v) is 6.77. The Kier molecular flexibility index (Phi) is 5.43. The minimum absolute atomic E-state index is 0.000361. The average Bonchev–Trinajstić information content (AvgIpc) is 2.53. The molecule has 7 nitrogen and oxygen atoms in total. The van der Waals surface area contributed by atoms with Gasteiger partial charge in [-0.1, -0.05) is 0 Å². The molecule has 0 aromatic heterocycles. The first-order valence-electron chi connectivity index (χ1n) is 6.77. The van der Waals surface area contributed by atoms with Gasteiger partial charge in [-0.3, -0.25) is 0 Å². The van der Waals surface area contributed by atoms with E-state index in [1.807, 2.05) is 4.90 Å². The van der Waals surface area contributed by atoms with Crippen LogP contribution in [0.1, 0.15) is 0 Å². The van der Waals surface area contributed by atoms with Gasteiger partial charge in [0.25, 0.3) is 0 Å². The highest BCUT2D eigenvalue weighted by Crippen LogP contribution is 2.26. The van der Waals surface area contributed by atoms with Crippen LogP contribution in [0.4, 0.5) is 15.8 Å². The Hall–Kier alpha value is -1.77. The number of rotatable bonds is 6. The molecule has 0 amide bonds. The number of aliphatic hydroxyl groups excluding tert-OH is 1. The molecule has 1 atom stereocenters. The molecule has 2 rings (SSSR count). The van der Waals surface area contributed by atoms with Gasteiger partial charge in [-0.15, -0.1) is 4.91 Å². The number of aliphatic hydroxyl groups is 1. The fraction of sp³-hybridized carbons (Fsp3) is 0.538. The molecule has 1 saturated heterocycles. The number of ether oxygens (including phenoxy) is 1. The zero-order valence-electron chi connectivity index (χ0n) is 11.6. The molecular weight excluding hydrogens is 279 g/mol. The Bertz CT molecular complexity index is 482. The summed E-state index contributed by atoms with van der Waals surface area (Å²) in [7, 11) is 0. The average molecular weight is 298 g/mol. The van der Waals surface area contributed by atoms with Gasteiger partial charge in [-0.05, 0) is 12.1 Å². The lowest BCUT2D eigenvalue weighted by Crippen LogP contribution is -2.37. The van der Waals surface area contributed by atoms with Gasteiger partial charge in [0, 0.05) is 25.7 Å². The lowest BCUT2D eigenvalue weighted by Gasteiger charge is -2.29. The second kappa shape index (κ2) is 7.30. The number of benzene rings is 1. The molecule has 3 N–H and O–H groups in total. The standard InChI is InChI=1S/C13H19FN4O3/c14-12-7-10(18(16-20)9-11(19)8-15)1-2-13(12)17-3-5-21-6-4-17/h1-2,7,11,19H,3-6,8-9,15H2/t11-/m0/s1. The van der Waals surface area contributed by atoms with E-state index in [0.29, 0.717) is 32.0 Å². The van der Waals surface area contributed by atoms with Crippen molar-refractivity contribution in [3.8, 4) is 0 Å². The zero-order chi connectivity index (χ0) is 15.2. The predicted octanol–water partition coefficient (Wildman–Crippen LogP) is 0.470. The number of hydrogen-bond acceptors (Lipinski definition) is 6. The molecule has 0 radical (unpaired) electrons. The van der Waals surface area contributed by atoms with Crippen molar-refractivity contribution in [2.24, 2.45) is 11.0 Å². The molecule has 0 unspecified atom stereocenters. The van der Waals surface area contributed by atoms with Crippen LogP contribution in [0.15, 0.2) is 23.5 Å². The van der Waals surface area contributed by atoms with Gasteiger partial charge in [0.1, 0.15) is 5.82 Å². The van der Waals surface area contributed by atoms with Crippen LogP contribution in [-0.2, 0) is 4.74 Å². The second-order valence-corrected chi connectivity index (χ2v) is 4.79. The summed E-state index contributed by atoms with van der Waals surface area (Å²) in [6.07, 6.45) is -0.898. The second-order valence-electron chi connectivity index (χ2n) is 4.79. The predicted molar refractivity (Wildman–Crippen MR) is 77.6 cm³/mol. The SMILES string of the molecule is NC[C@H](O)CN(N=O)c1ccc(N2CCOCC2)c(F)c1. The monoisotopic (exact) mass is 298 g/mol. The van der Waals surface area contributed by atoms with Crippen LogP contribution in [0.3, 0.4) is 0 Å². The maximum absolute atomic E-state index is 14.2. The van der Waals surface area contributed by atoms with Crippen LogP contribution >= 0.6 is 0 Å². The lowest BCUT2D eigenvalue weighted by atomic mass is 10.2. The van der Waals surface area contributed by atoms with E-state index in [9.17, 15) is 14.4 Å². The minimum Gasteiger partial charge on any atom is -0.390 e. The van der Waals surface area contributed by atoms with Crippen LogP contribution in [0.25, 0.3) is 0 Å². The van der Waals surface area contributed by atoms with Crippen molar-refractivity contribution < 1.29 is 14.2 Å². The topological polar surface area (TPSA) is 91.4 Å². The molecule has 1 aliphatic rings. The third-order valence-electron chi connectivity index (χ3n) is 3.34. The lowest BCUT2D eigenvalue weighted by molar-refractivity contribution is 0.122. The van der Waals surface area contributed by atoms with Crippen LogP contribution < -0.4 is 15.6 Å². The molecule has 1 heterocycles. The molecular formula is C13H19FN4O3. The van der Waals surface area contributed by atoms with Gasteiger partial charge < -0.3 is 20.5 Å². The number of nitroso groups, excluding NO2 is 1. The van der Waals surface area contributed by atoms with Gasteiger partial charge in [0.05, 0.1) is 42.5 Å². The van der Waals surface area contributed by atoms with E-state index in [1.165, 1.54) is 6.07 Å². The molecule has 1 aliphatic heterocycles. The number of hydrogen-bond donors (Lipinski definition) is 2. The van der Waals surface area contributed by atoms with Gasteiger partial charge in [0.2, 0.25) is 0 Å². The van der Waals surface area contributed by atoms with Crippen molar-refractivity contribution >= 4 is 11.4 Å². The maximum atomic E-state index is 14.2. The Labute approximate surface area is 122 Å². The third-order valence-corrected chi connectivity index (χ3v) is 3.34.